The van der Waals surface area contributed by atoms with Gasteiger partial charge >= 0.3 is 0 Å². The number of hydrogen-bond donors (Lipinski definition) is 3. The number of anilines is 2. The van der Waals surface area contributed by atoms with Crippen LogP contribution in [-0.4, -0.2) is 26.8 Å². The largest absolute Gasteiger partial charge is 0.459 e. The Morgan fingerprint density at radius 2 is 1.63 bits per heavy atom. The number of hydrogen-bond acceptors (Lipinski definition) is 5. The van der Waals surface area contributed by atoms with Crippen molar-refractivity contribution in [3.63, 3.8) is 0 Å². The number of furan rings is 1. The Morgan fingerprint density at radius 3 is 2.27 bits per heavy atom. The molecule has 1 aromatic heterocycles. The minimum atomic E-state index is -3.75. The molecule has 0 saturated carbocycles. The van der Waals surface area contributed by atoms with Gasteiger partial charge in [-0.05, 0) is 54.6 Å². The number of sulfonamides is 1. The number of amides is 2. The van der Waals surface area contributed by atoms with E-state index in [2.05, 4.69) is 15.4 Å². The summed E-state index contributed by atoms with van der Waals surface area (Å²) in [4.78, 5) is 24.0. The maximum absolute atomic E-state index is 12.2. The topological polar surface area (TPSA) is 118 Å². The summed E-state index contributed by atoms with van der Waals surface area (Å²) in [6.07, 6.45) is 1.35. The molecule has 0 atom stereocenters. The van der Waals surface area contributed by atoms with E-state index in [0.717, 1.165) is 0 Å². The summed E-state index contributed by atoms with van der Waals surface area (Å²) in [7, 11) is -3.75. The molecule has 3 rings (SSSR count). The molecule has 2 aromatic carbocycles. The Labute approximate surface area is 178 Å². The Morgan fingerprint density at radius 1 is 0.933 bits per heavy atom. The summed E-state index contributed by atoms with van der Waals surface area (Å²) in [5.74, 6) is -0.562. The fourth-order valence-electron chi connectivity index (χ4n) is 2.48. The summed E-state index contributed by atoms with van der Waals surface area (Å²) < 4.78 is 31.8. The first-order chi connectivity index (χ1) is 14.3. The molecule has 0 fully saturated rings. The predicted molar refractivity (Wildman–Crippen MR) is 113 cm³/mol. The van der Waals surface area contributed by atoms with Gasteiger partial charge in [-0.3, -0.25) is 9.59 Å². The summed E-state index contributed by atoms with van der Waals surface area (Å²) in [5, 5.41) is 5.63. The molecule has 0 aliphatic heterocycles. The number of halogens is 1. The Bertz CT molecular complexity index is 1130. The molecule has 0 spiro atoms. The number of nitrogens with one attached hydrogen (secondary N) is 3. The van der Waals surface area contributed by atoms with Crippen molar-refractivity contribution in [2.75, 3.05) is 17.2 Å². The smallest absolute Gasteiger partial charge is 0.291 e. The van der Waals surface area contributed by atoms with Crippen molar-refractivity contribution in [3.05, 3.63) is 77.7 Å². The van der Waals surface area contributed by atoms with Crippen molar-refractivity contribution in [2.45, 2.75) is 11.3 Å². The van der Waals surface area contributed by atoms with Crippen LogP contribution in [0.3, 0.4) is 0 Å². The highest BCUT2D eigenvalue weighted by molar-refractivity contribution is 7.89. The van der Waals surface area contributed by atoms with Crippen LogP contribution >= 0.6 is 11.6 Å². The molecule has 3 N–H and O–H groups in total. The third kappa shape index (κ3) is 5.93. The van der Waals surface area contributed by atoms with Crippen LogP contribution in [0.4, 0.5) is 11.4 Å². The molecule has 0 aliphatic carbocycles. The summed E-state index contributed by atoms with van der Waals surface area (Å²) in [5.41, 5.74) is 1.04. The first kappa shape index (κ1) is 21.6. The zero-order chi connectivity index (χ0) is 21.6. The van der Waals surface area contributed by atoms with Crippen LogP contribution in [0.1, 0.15) is 17.0 Å². The van der Waals surface area contributed by atoms with Gasteiger partial charge in [-0.1, -0.05) is 17.7 Å². The molecule has 0 unspecified atom stereocenters. The molecule has 0 saturated heterocycles. The van der Waals surface area contributed by atoms with Crippen LogP contribution in [0.5, 0.6) is 0 Å². The first-order valence-electron chi connectivity index (χ1n) is 8.83. The average Bonchev–Trinajstić information content (AvgIpc) is 3.24. The lowest BCUT2D eigenvalue weighted by molar-refractivity contribution is -0.116. The molecule has 3 aromatic rings. The number of carbonyl (C=O) groups excluding carboxylic acids is 2. The third-order valence-corrected chi connectivity index (χ3v) is 5.62. The molecule has 0 radical (unpaired) electrons. The molecule has 8 nitrogen and oxygen atoms in total. The van der Waals surface area contributed by atoms with Gasteiger partial charge in [-0.25, -0.2) is 13.1 Å². The van der Waals surface area contributed by atoms with E-state index in [4.69, 9.17) is 16.0 Å². The molecule has 1 heterocycles. The lowest BCUT2D eigenvalue weighted by Crippen LogP contribution is -2.27. The predicted octanol–water partition coefficient (Wildman–Crippen LogP) is 3.49. The van der Waals surface area contributed by atoms with Crippen LogP contribution in [0.2, 0.25) is 5.02 Å². The zero-order valence-electron chi connectivity index (χ0n) is 15.6. The third-order valence-electron chi connectivity index (χ3n) is 3.92. The molecular weight excluding hydrogens is 430 g/mol. The zero-order valence-corrected chi connectivity index (χ0v) is 17.2. The Kier molecular flexibility index (Phi) is 6.88. The van der Waals surface area contributed by atoms with Crippen molar-refractivity contribution in [2.24, 2.45) is 0 Å². The first-order valence-corrected chi connectivity index (χ1v) is 10.7. The minimum Gasteiger partial charge on any atom is -0.459 e. The maximum atomic E-state index is 12.2. The van der Waals surface area contributed by atoms with Crippen LogP contribution < -0.4 is 15.4 Å². The molecule has 0 bridgehead atoms. The van der Waals surface area contributed by atoms with Gasteiger partial charge in [-0.15, -0.1) is 0 Å². The van der Waals surface area contributed by atoms with Gasteiger partial charge in [0.15, 0.2) is 5.76 Å². The maximum Gasteiger partial charge on any atom is 0.291 e. The highest BCUT2D eigenvalue weighted by Gasteiger charge is 2.14. The van der Waals surface area contributed by atoms with E-state index in [1.54, 1.807) is 42.5 Å². The average molecular weight is 448 g/mol. The standard InChI is InChI=1S/C20H18ClN3O5S/c21-14-3-1-4-17(13-14)30(27,28)22-11-10-19(25)23-15-6-8-16(9-7-15)24-20(26)18-5-2-12-29-18/h1-9,12-13,22H,10-11H2,(H,23,25)(H,24,26). The van der Waals surface area contributed by atoms with E-state index >= 15 is 0 Å². The van der Waals surface area contributed by atoms with Crippen LogP contribution in [0.25, 0.3) is 0 Å². The van der Waals surface area contributed by atoms with Crippen molar-refractivity contribution < 1.29 is 22.4 Å². The highest BCUT2D eigenvalue weighted by atomic mass is 35.5. The Hall–Kier alpha value is -3.14. The summed E-state index contributed by atoms with van der Waals surface area (Å²) in [6, 6.07) is 15.5. The highest BCUT2D eigenvalue weighted by Crippen LogP contribution is 2.16. The Balaban J connectivity index is 1.47. The second-order valence-electron chi connectivity index (χ2n) is 6.16. The summed E-state index contributed by atoms with van der Waals surface area (Å²) in [6.45, 7) is -0.0715. The van der Waals surface area contributed by atoms with Crippen molar-refractivity contribution in [1.82, 2.24) is 4.72 Å². The second kappa shape index (κ2) is 9.57. The molecular formula is C20H18ClN3O5S. The van der Waals surface area contributed by atoms with Gasteiger partial charge in [-0.2, -0.15) is 0 Å². The number of benzene rings is 2. The van der Waals surface area contributed by atoms with E-state index in [-0.39, 0.29) is 35.4 Å². The van der Waals surface area contributed by atoms with Crippen LogP contribution in [-0.2, 0) is 14.8 Å². The normalized spacial score (nSPS) is 11.1. The fourth-order valence-corrected chi connectivity index (χ4v) is 3.81. The van der Waals surface area contributed by atoms with E-state index in [9.17, 15) is 18.0 Å². The number of carbonyl (C=O) groups is 2. The van der Waals surface area contributed by atoms with E-state index in [1.807, 2.05) is 0 Å². The number of rotatable bonds is 8. The van der Waals surface area contributed by atoms with Gasteiger partial charge in [0, 0.05) is 29.4 Å². The van der Waals surface area contributed by atoms with Crippen LogP contribution in [0.15, 0.2) is 76.2 Å². The van der Waals surface area contributed by atoms with Crippen molar-refractivity contribution in [3.8, 4) is 0 Å². The van der Waals surface area contributed by atoms with Crippen molar-refractivity contribution >= 4 is 44.8 Å². The van der Waals surface area contributed by atoms with E-state index in [1.165, 1.54) is 24.5 Å². The van der Waals surface area contributed by atoms with E-state index in [0.29, 0.717) is 16.4 Å². The lowest BCUT2D eigenvalue weighted by Gasteiger charge is -2.09. The molecule has 10 heteroatoms. The SMILES string of the molecule is O=C(CCNS(=O)(=O)c1cccc(Cl)c1)Nc1ccc(NC(=O)c2ccco2)cc1. The van der Waals surface area contributed by atoms with Crippen LogP contribution in [0, 0.1) is 0 Å². The van der Waals surface area contributed by atoms with Crippen molar-refractivity contribution in [1.29, 1.82) is 0 Å². The van der Waals surface area contributed by atoms with Gasteiger partial charge < -0.3 is 15.1 Å². The molecule has 2 amide bonds. The minimum absolute atomic E-state index is 0.0302. The molecule has 30 heavy (non-hydrogen) atoms. The molecule has 0 aliphatic rings. The van der Waals surface area contributed by atoms with Gasteiger partial charge in [0.2, 0.25) is 15.9 Å². The summed E-state index contributed by atoms with van der Waals surface area (Å²) >= 11 is 5.81. The van der Waals surface area contributed by atoms with Gasteiger partial charge in [0.25, 0.3) is 5.91 Å². The van der Waals surface area contributed by atoms with Gasteiger partial charge in [0.05, 0.1) is 11.2 Å². The fraction of sp³-hybridized carbons (Fsp3) is 0.100. The molecule has 156 valence electrons. The quantitative estimate of drug-likeness (QED) is 0.488. The van der Waals surface area contributed by atoms with E-state index < -0.39 is 10.0 Å². The second-order valence-corrected chi connectivity index (χ2v) is 8.37. The lowest BCUT2D eigenvalue weighted by atomic mass is 10.2. The monoisotopic (exact) mass is 447 g/mol. The van der Waals surface area contributed by atoms with Gasteiger partial charge in [0.1, 0.15) is 0 Å².